The molecule has 4 rings (SSSR count). The Bertz CT molecular complexity index is 1230. The normalized spacial score (nSPS) is 11.8. The number of ether oxygens (including phenoxy) is 2. The first-order valence-corrected chi connectivity index (χ1v) is 11.0. The fraction of sp³-hybridized carbons (Fsp3) is 0.208. The van der Waals surface area contributed by atoms with Crippen LogP contribution in [-0.4, -0.2) is 35.0 Å². The van der Waals surface area contributed by atoms with Crippen molar-refractivity contribution >= 4 is 34.1 Å². The topological polar surface area (TPSA) is 93.3 Å². The first-order valence-electron chi connectivity index (χ1n) is 10.1. The van der Waals surface area contributed by atoms with E-state index in [-0.39, 0.29) is 12.3 Å². The average Bonchev–Trinajstić information content (AvgIpc) is 3.45. The zero-order valence-corrected chi connectivity index (χ0v) is 18.6. The Hall–Kier alpha value is -3.65. The van der Waals surface area contributed by atoms with Crippen LogP contribution in [0.4, 0.5) is 0 Å². The fourth-order valence-corrected chi connectivity index (χ4v) is 4.03. The molecule has 0 unspecified atom stereocenters. The standard InChI is InChI=1S/C24H23N3O4S/c1-15-7-9-17(10-8-15)31-13-22-26-21(14-32-22)23(28)27-20(24(29)30-2)11-16-12-25-19-6-4-3-5-18(16)19/h3-10,12,14,20,25H,11,13H2,1-2H3,(H,27,28)/t20-/m1/s1. The molecule has 0 aliphatic rings. The van der Waals surface area contributed by atoms with Gasteiger partial charge in [-0.05, 0) is 30.7 Å². The highest BCUT2D eigenvalue weighted by Gasteiger charge is 2.25. The summed E-state index contributed by atoms with van der Waals surface area (Å²) >= 11 is 1.33. The highest BCUT2D eigenvalue weighted by atomic mass is 32.1. The lowest BCUT2D eigenvalue weighted by atomic mass is 10.0. The summed E-state index contributed by atoms with van der Waals surface area (Å²) in [6.45, 7) is 2.27. The SMILES string of the molecule is COC(=O)[C@@H](Cc1c[nH]c2ccccc12)NC(=O)c1csc(COc2ccc(C)cc2)n1. The monoisotopic (exact) mass is 449 g/mol. The smallest absolute Gasteiger partial charge is 0.328 e. The van der Waals surface area contributed by atoms with Crippen LogP contribution in [0.2, 0.25) is 0 Å². The summed E-state index contributed by atoms with van der Waals surface area (Å²) < 4.78 is 10.6. The molecule has 4 aromatic rings. The molecule has 7 nitrogen and oxygen atoms in total. The van der Waals surface area contributed by atoms with Crippen LogP contribution in [0, 0.1) is 6.92 Å². The summed E-state index contributed by atoms with van der Waals surface area (Å²) in [6, 6.07) is 14.7. The van der Waals surface area contributed by atoms with Gasteiger partial charge in [-0.2, -0.15) is 0 Å². The van der Waals surface area contributed by atoms with Crippen molar-refractivity contribution in [1.29, 1.82) is 0 Å². The van der Waals surface area contributed by atoms with Crippen LogP contribution < -0.4 is 10.1 Å². The second-order valence-corrected chi connectivity index (χ2v) is 8.28. The van der Waals surface area contributed by atoms with E-state index in [1.54, 1.807) is 5.38 Å². The second kappa shape index (κ2) is 9.65. The molecule has 1 atom stereocenters. The van der Waals surface area contributed by atoms with E-state index in [0.29, 0.717) is 11.4 Å². The largest absolute Gasteiger partial charge is 0.486 e. The summed E-state index contributed by atoms with van der Waals surface area (Å²) in [5, 5.41) is 6.08. The molecule has 0 radical (unpaired) electrons. The predicted molar refractivity (Wildman–Crippen MR) is 123 cm³/mol. The summed E-state index contributed by atoms with van der Waals surface area (Å²) in [5.74, 6) is -0.207. The van der Waals surface area contributed by atoms with Crippen LogP contribution in [0.5, 0.6) is 5.75 Å². The number of aryl methyl sites for hydroxylation is 1. The number of fused-ring (bicyclic) bond motifs is 1. The molecule has 2 N–H and O–H groups in total. The first-order chi connectivity index (χ1) is 15.5. The van der Waals surface area contributed by atoms with Gasteiger partial charge < -0.3 is 19.8 Å². The van der Waals surface area contributed by atoms with E-state index in [4.69, 9.17) is 9.47 Å². The molecule has 0 spiro atoms. The minimum Gasteiger partial charge on any atom is -0.486 e. The lowest BCUT2D eigenvalue weighted by molar-refractivity contribution is -0.142. The number of rotatable bonds is 8. The number of para-hydroxylation sites is 1. The van der Waals surface area contributed by atoms with Gasteiger partial charge in [0.1, 0.15) is 29.1 Å². The Balaban J connectivity index is 1.42. The van der Waals surface area contributed by atoms with Crippen molar-refractivity contribution in [3.8, 4) is 5.75 Å². The van der Waals surface area contributed by atoms with Crippen LogP contribution in [-0.2, 0) is 22.6 Å². The third kappa shape index (κ3) is 4.97. The molecule has 2 aromatic carbocycles. The second-order valence-electron chi connectivity index (χ2n) is 7.34. The van der Waals surface area contributed by atoms with Gasteiger partial charge >= 0.3 is 5.97 Å². The number of carbonyl (C=O) groups is 2. The van der Waals surface area contributed by atoms with E-state index < -0.39 is 17.9 Å². The third-order valence-electron chi connectivity index (χ3n) is 5.06. The molecule has 0 bridgehead atoms. The number of carbonyl (C=O) groups excluding carboxylic acids is 2. The highest BCUT2D eigenvalue weighted by Crippen LogP contribution is 2.20. The molecule has 164 valence electrons. The van der Waals surface area contributed by atoms with E-state index >= 15 is 0 Å². The minimum absolute atomic E-state index is 0.241. The van der Waals surface area contributed by atoms with Gasteiger partial charge in [0.25, 0.3) is 5.91 Å². The summed E-state index contributed by atoms with van der Waals surface area (Å²) in [6.07, 6.45) is 2.14. The van der Waals surface area contributed by atoms with Gasteiger partial charge in [0.05, 0.1) is 7.11 Å². The van der Waals surface area contributed by atoms with Gasteiger partial charge in [0, 0.05) is 28.9 Å². The highest BCUT2D eigenvalue weighted by molar-refractivity contribution is 7.09. The number of aromatic nitrogens is 2. The van der Waals surface area contributed by atoms with Crippen molar-refractivity contribution in [1.82, 2.24) is 15.3 Å². The Morgan fingerprint density at radius 1 is 1.16 bits per heavy atom. The van der Waals surface area contributed by atoms with Crippen LogP contribution in [0.25, 0.3) is 10.9 Å². The number of benzene rings is 2. The third-order valence-corrected chi connectivity index (χ3v) is 5.88. The summed E-state index contributed by atoms with van der Waals surface area (Å²) in [4.78, 5) is 32.6. The minimum atomic E-state index is -0.833. The number of hydrogen-bond donors (Lipinski definition) is 2. The molecular weight excluding hydrogens is 426 g/mol. The van der Waals surface area contributed by atoms with Crippen LogP contribution in [0.1, 0.15) is 26.6 Å². The Labute approximate surface area is 189 Å². The molecule has 0 fully saturated rings. The van der Waals surface area contributed by atoms with Crippen LogP contribution >= 0.6 is 11.3 Å². The van der Waals surface area contributed by atoms with E-state index in [9.17, 15) is 9.59 Å². The summed E-state index contributed by atoms with van der Waals surface area (Å²) in [7, 11) is 1.31. The molecule has 0 aliphatic heterocycles. The quantitative estimate of drug-likeness (QED) is 0.396. The maximum Gasteiger partial charge on any atom is 0.328 e. The van der Waals surface area contributed by atoms with E-state index in [1.165, 1.54) is 18.4 Å². The zero-order valence-electron chi connectivity index (χ0n) is 17.8. The number of methoxy groups -OCH3 is 1. The van der Waals surface area contributed by atoms with Crippen molar-refractivity contribution in [2.45, 2.75) is 26.0 Å². The molecule has 0 aliphatic carbocycles. The predicted octanol–water partition coefficient (Wildman–Crippen LogP) is 4.03. The average molecular weight is 450 g/mol. The van der Waals surface area contributed by atoms with Crippen molar-refractivity contribution in [2.24, 2.45) is 0 Å². The molecule has 2 aromatic heterocycles. The van der Waals surface area contributed by atoms with E-state index in [2.05, 4.69) is 15.3 Å². The Morgan fingerprint density at radius 3 is 2.72 bits per heavy atom. The van der Waals surface area contributed by atoms with Gasteiger partial charge in [0.15, 0.2) is 0 Å². The lowest BCUT2D eigenvalue weighted by Gasteiger charge is -2.15. The molecule has 2 heterocycles. The molecule has 32 heavy (non-hydrogen) atoms. The maximum atomic E-state index is 12.8. The van der Waals surface area contributed by atoms with E-state index in [1.807, 2.05) is 61.7 Å². The van der Waals surface area contributed by atoms with Crippen molar-refractivity contribution in [3.05, 3.63) is 81.9 Å². The Morgan fingerprint density at radius 2 is 1.94 bits per heavy atom. The van der Waals surface area contributed by atoms with Gasteiger partial charge in [-0.1, -0.05) is 35.9 Å². The molecule has 0 saturated heterocycles. The van der Waals surface area contributed by atoms with Crippen LogP contribution in [0.3, 0.4) is 0 Å². The molecule has 1 amide bonds. The number of esters is 1. The Kier molecular flexibility index (Phi) is 6.51. The zero-order chi connectivity index (χ0) is 22.5. The lowest BCUT2D eigenvalue weighted by Crippen LogP contribution is -2.43. The van der Waals surface area contributed by atoms with Crippen LogP contribution in [0.15, 0.2) is 60.1 Å². The number of nitrogens with zero attached hydrogens (tertiary/aromatic N) is 1. The van der Waals surface area contributed by atoms with Gasteiger partial charge in [0.2, 0.25) is 0 Å². The van der Waals surface area contributed by atoms with Gasteiger partial charge in [-0.25, -0.2) is 9.78 Å². The summed E-state index contributed by atoms with van der Waals surface area (Å²) in [5.41, 5.74) is 3.28. The molecular formula is C24H23N3O4S. The number of amides is 1. The number of aromatic amines is 1. The van der Waals surface area contributed by atoms with E-state index in [0.717, 1.165) is 27.8 Å². The first kappa shape index (κ1) is 21.6. The van der Waals surface area contributed by atoms with Crippen molar-refractivity contribution in [3.63, 3.8) is 0 Å². The number of hydrogen-bond acceptors (Lipinski definition) is 6. The van der Waals surface area contributed by atoms with Gasteiger partial charge in [-0.3, -0.25) is 4.79 Å². The number of H-pyrrole nitrogens is 1. The molecule has 0 saturated carbocycles. The maximum absolute atomic E-state index is 12.8. The number of nitrogens with one attached hydrogen (secondary N) is 2. The van der Waals surface area contributed by atoms with Crippen molar-refractivity contribution in [2.75, 3.05) is 7.11 Å². The molecule has 8 heteroatoms. The fourth-order valence-electron chi connectivity index (χ4n) is 3.35. The van der Waals surface area contributed by atoms with Gasteiger partial charge in [-0.15, -0.1) is 11.3 Å². The number of thiazole rings is 1. The van der Waals surface area contributed by atoms with Crippen molar-refractivity contribution < 1.29 is 19.1 Å².